The predicted octanol–water partition coefficient (Wildman–Crippen LogP) is -0.751. The molecular formula is C12H20N2O7. The van der Waals surface area contributed by atoms with Gasteiger partial charge in [0.25, 0.3) is 0 Å². The highest BCUT2D eigenvalue weighted by Gasteiger charge is 2.27. The molecule has 0 aromatic rings. The molecule has 0 aromatic carbocycles. The van der Waals surface area contributed by atoms with Gasteiger partial charge in [-0.15, -0.1) is 0 Å². The quantitative estimate of drug-likeness (QED) is 0.351. The zero-order chi connectivity index (χ0) is 16.6. The van der Waals surface area contributed by atoms with Crippen molar-refractivity contribution in [2.75, 3.05) is 0 Å². The van der Waals surface area contributed by atoms with Crippen LogP contribution in [0.5, 0.6) is 0 Å². The number of carbonyl (C=O) groups is 4. The first kappa shape index (κ1) is 18.8. The summed E-state index contributed by atoms with van der Waals surface area (Å²) in [5.41, 5.74) is 5.55. The standard InChI is InChI=1S/C12H20N2O7/c1-2-6(11(18)19)5-7(13)10(17)14-8(12(20)21)3-4-9(15)16/h6-8H,2-5,13H2,1H3,(H,14,17)(H,15,16)(H,18,19)(H,20,21)/t6?,7-,8+/m1/s1. The van der Waals surface area contributed by atoms with Gasteiger partial charge in [0.2, 0.25) is 5.91 Å². The maximum absolute atomic E-state index is 11.7. The van der Waals surface area contributed by atoms with Crippen molar-refractivity contribution >= 4 is 23.8 Å². The van der Waals surface area contributed by atoms with Crippen molar-refractivity contribution in [2.24, 2.45) is 11.7 Å². The van der Waals surface area contributed by atoms with E-state index in [1.807, 2.05) is 0 Å². The average Bonchev–Trinajstić information content (AvgIpc) is 2.38. The highest BCUT2D eigenvalue weighted by molar-refractivity contribution is 5.87. The summed E-state index contributed by atoms with van der Waals surface area (Å²) in [6.07, 6.45) is -0.529. The molecule has 0 aliphatic rings. The number of nitrogens with one attached hydrogen (secondary N) is 1. The molecule has 0 spiro atoms. The van der Waals surface area contributed by atoms with E-state index in [2.05, 4.69) is 5.32 Å². The number of aliphatic carboxylic acids is 3. The normalized spacial score (nSPS) is 14.8. The molecule has 1 amide bonds. The van der Waals surface area contributed by atoms with Crippen LogP contribution < -0.4 is 11.1 Å². The molecule has 3 atom stereocenters. The summed E-state index contributed by atoms with van der Waals surface area (Å²) >= 11 is 0. The summed E-state index contributed by atoms with van der Waals surface area (Å²) in [7, 11) is 0. The smallest absolute Gasteiger partial charge is 0.326 e. The molecule has 9 nitrogen and oxygen atoms in total. The average molecular weight is 304 g/mol. The third-order valence-electron chi connectivity index (χ3n) is 2.98. The maximum atomic E-state index is 11.7. The molecule has 9 heteroatoms. The number of carboxylic acid groups (broad SMARTS) is 3. The summed E-state index contributed by atoms with van der Waals surface area (Å²) in [5, 5.41) is 28.4. The van der Waals surface area contributed by atoms with Gasteiger partial charge >= 0.3 is 17.9 Å². The minimum Gasteiger partial charge on any atom is -0.481 e. The summed E-state index contributed by atoms with van der Waals surface area (Å²) in [5.74, 6) is -5.25. The number of carbonyl (C=O) groups excluding carboxylic acids is 1. The third-order valence-corrected chi connectivity index (χ3v) is 2.98. The first-order valence-corrected chi connectivity index (χ1v) is 6.42. The Balaban J connectivity index is 4.56. The Labute approximate surface area is 121 Å². The van der Waals surface area contributed by atoms with Crippen molar-refractivity contribution in [3.8, 4) is 0 Å². The van der Waals surface area contributed by atoms with Crippen LogP contribution in [0.3, 0.4) is 0 Å². The summed E-state index contributed by atoms with van der Waals surface area (Å²) < 4.78 is 0. The first-order chi connectivity index (χ1) is 9.68. The molecule has 0 aliphatic heterocycles. The van der Waals surface area contributed by atoms with Gasteiger partial charge in [-0.05, 0) is 19.3 Å². The Hall–Kier alpha value is -2.16. The first-order valence-electron chi connectivity index (χ1n) is 6.42. The molecule has 0 bridgehead atoms. The van der Waals surface area contributed by atoms with Crippen LogP contribution in [0.15, 0.2) is 0 Å². The van der Waals surface area contributed by atoms with Crippen molar-refractivity contribution < 1.29 is 34.5 Å². The minimum absolute atomic E-state index is 0.122. The Kier molecular flexibility index (Phi) is 7.99. The molecule has 0 saturated carbocycles. The Morgan fingerprint density at radius 2 is 1.67 bits per heavy atom. The zero-order valence-corrected chi connectivity index (χ0v) is 11.6. The summed E-state index contributed by atoms with van der Waals surface area (Å²) in [6.45, 7) is 1.64. The molecule has 0 heterocycles. The fourth-order valence-electron chi connectivity index (χ4n) is 1.66. The van der Waals surface area contributed by atoms with E-state index in [1.165, 1.54) is 0 Å². The SMILES string of the molecule is CCC(C[C@@H](N)C(=O)N[C@@H](CCC(=O)O)C(=O)O)C(=O)O. The van der Waals surface area contributed by atoms with Gasteiger partial charge in [-0.25, -0.2) is 4.79 Å². The number of nitrogens with two attached hydrogens (primary N) is 1. The van der Waals surface area contributed by atoms with E-state index in [0.29, 0.717) is 0 Å². The number of amides is 1. The lowest BCUT2D eigenvalue weighted by Crippen LogP contribution is -2.49. The van der Waals surface area contributed by atoms with Crippen molar-refractivity contribution in [2.45, 2.75) is 44.7 Å². The van der Waals surface area contributed by atoms with E-state index in [1.54, 1.807) is 6.92 Å². The van der Waals surface area contributed by atoms with Crippen molar-refractivity contribution in [3.05, 3.63) is 0 Å². The highest BCUT2D eigenvalue weighted by Crippen LogP contribution is 2.11. The molecule has 0 rings (SSSR count). The van der Waals surface area contributed by atoms with Crippen LogP contribution in [0.25, 0.3) is 0 Å². The number of carboxylic acids is 3. The molecule has 0 saturated heterocycles. The second-order valence-corrected chi connectivity index (χ2v) is 4.62. The van der Waals surface area contributed by atoms with E-state index in [0.717, 1.165) is 0 Å². The second kappa shape index (κ2) is 8.90. The molecule has 0 aliphatic carbocycles. The fourth-order valence-corrected chi connectivity index (χ4v) is 1.66. The van der Waals surface area contributed by atoms with E-state index >= 15 is 0 Å². The lowest BCUT2D eigenvalue weighted by atomic mass is 9.97. The van der Waals surface area contributed by atoms with Gasteiger partial charge < -0.3 is 26.4 Å². The van der Waals surface area contributed by atoms with Crippen molar-refractivity contribution in [1.82, 2.24) is 5.32 Å². The molecule has 0 aromatic heterocycles. The van der Waals surface area contributed by atoms with E-state index in [4.69, 9.17) is 21.1 Å². The van der Waals surface area contributed by atoms with E-state index in [9.17, 15) is 19.2 Å². The van der Waals surface area contributed by atoms with Crippen LogP contribution in [0, 0.1) is 5.92 Å². The van der Waals surface area contributed by atoms with Gasteiger partial charge in [0.05, 0.1) is 12.0 Å². The van der Waals surface area contributed by atoms with Crippen molar-refractivity contribution in [3.63, 3.8) is 0 Å². The third kappa shape index (κ3) is 7.25. The lowest BCUT2D eigenvalue weighted by Gasteiger charge is -2.19. The molecule has 0 fully saturated rings. The molecule has 0 radical (unpaired) electrons. The van der Waals surface area contributed by atoms with Crippen LogP contribution in [-0.4, -0.2) is 51.2 Å². The van der Waals surface area contributed by atoms with Gasteiger partial charge in [0, 0.05) is 6.42 Å². The molecule has 1 unspecified atom stereocenters. The van der Waals surface area contributed by atoms with Crippen LogP contribution in [0.1, 0.15) is 32.6 Å². The van der Waals surface area contributed by atoms with Gasteiger partial charge in [-0.3, -0.25) is 14.4 Å². The van der Waals surface area contributed by atoms with Gasteiger partial charge in [0.1, 0.15) is 6.04 Å². The maximum Gasteiger partial charge on any atom is 0.326 e. The van der Waals surface area contributed by atoms with Crippen molar-refractivity contribution in [1.29, 1.82) is 0 Å². The lowest BCUT2D eigenvalue weighted by molar-refractivity contribution is -0.145. The second-order valence-electron chi connectivity index (χ2n) is 4.62. The van der Waals surface area contributed by atoms with Gasteiger partial charge in [0.15, 0.2) is 0 Å². The molecule has 6 N–H and O–H groups in total. The Morgan fingerprint density at radius 1 is 1.10 bits per heavy atom. The molecule has 120 valence electrons. The van der Waals surface area contributed by atoms with Crippen LogP contribution in [-0.2, 0) is 19.2 Å². The minimum atomic E-state index is -1.37. The monoisotopic (exact) mass is 304 g/mol. The topological polar surface area (TPSA) is 167 Å². The zero-order valence-electron chi connectivity index (χ0n) is 11.6. The number of rotatable bonds is 10. The van der Waals surface area contributed by atoms with Gasteiger partial charge in [-0.2, -0.15) is 0 Å². The van der Waals surface area contributed by atoms with Gasteiger partial charge in [-0.1, -0.05) is 6.92 Å². The van der Waals surface area contributed by atoms with E-state index in [-0.39, 0.29) is 19.3 Å². The molecule has 21 heavy (non-hydrogen) atoms. The van der Waals surface area contributed by atoms with E-state index < -0.39 is 48.2 Å². The van der Waals surface area contributed by atoms with Crippen LogP contribution >= 0.6 is 0 Å². The fraction of sp³-hybridized carbons (Fsp3) is 0.667. The molecular weight excluding hydrogens is 284 g/mol. The summed E-state index contributed by atoms with van der Waals surface area (Å²) in [4.78, 5) is 43.9. The Morgan fingerprint density at radius 3 is 2.05 bits per heavy atom. The largest absolute Gasteiger partial charge is 0.481 e. The van der Waals surface area contributed by atoms with Crippen LogP contribution in [0.4, 0.5) is 0 Å². The van der Waals surface area contributed by atoms with Crippen LogP contribution in [0.2, 0.25) is 0 Å². The Bertz CT molecular complexity index is 410. The number of hydrogen-bond donors (Lipinski definition) is 5. The predicted molar refractivity (Wildman–Crippen MR) is 70.4 cm³/mol. The highest BCUT2D eigenvalue weighted by atomic mass is 16.4. The number of hydrogen-bond acceptors (Lipinski definition) is 5. The summed E-state index contributed by atoms with van der Waals surface area (Å²) in [6, 6.07) is -2.54.